The summed E-state index contributed by atoms with van der Waals surface area (Å²) in [5, 5.41) is 14.0. The fraction of sp³-hybridized carbons (Fsp3) is 0.143. The molecule has 0 fully saturated rings. The largest absolute Gasteiger partial charge is 0.463 e. The van der Waals surface area contributed by atoms with E-state index >= 15 is 0 Å². The van der Waals surface area contributed by atoms with Crippen molar-refractivity contribution in [1.29, 1.82) is 5.26 Å². The van der Waals surface area contributed by atoms with Gasteiger partial charge in [0.1, 0.15) is 16.4 Å². The zero-order chi connectivity index (χ0) is 19.7. The zero-order valence-corrected chi connectivity index (χ0v) is 16.0. The number of aryl methyl sites for hydroxylation is 1. The van der Waals surface area contributed by atoms with Crippen molar-refractivity contribution in [1.82, 2.24) is 9.61 Å². The van der Waals surface area contributed by atoms with Crippen molar-refractivity contribution < 1.29 is 12.8 Å². The minimum absolute atomic E-state index is 0.173. The molecule has 1 aromatic carbocycles. The predicted octanol–water partition coefficient (Wildman–Crippen LogP) is 3.81. The van der Waals surface area contributed by atoms with E-state index in [1.165, 1.54) is 6.26 Å². The number of fused-ring (bicyclic) bond motifs is 1. The Morgan fingerprint density at radius 3 is 2.71 bits per heavy atom. The van der Waals surface area contributed by atoms with Gasteiger partial charge in [0.2, 0.25) is 0 Å². The van der Waals surface area contributed by atoms with Gasteiger partial charge >= 0.3 is 0 Å². The van der Waals surface area contributed by atoms with Crippen LogP contribution in [0.25, 0.3) is 28.1 Å². The van der Waals surface area contributed by atoms with Gasteiger partial charge in [0.25, 0.3) is 0 Å². The minimum atomic E-state index is -2.69. The highest BCUT2D eigenvalue weighted by molar-refractivity contribution is 7.71. The van der Waals surface area contributed by atoms with Crippen molar-refractivity contribution in [3.8, 4) is 28.7 Å². The first-order valence-corrected chi connectivity index (χ1v) is 10.2. The van der Waals surface area contributed by atoms with Crippen molar-refractivity contribution in [2.75, 3.05) is 0 Å². The molecule has 0 amide bonds. The Hall–Kier alpha value is -3.37. The molecule has 0 aliphatic heterocycles. The standard InChI is InChI=1S/C21H17N3O3S/c1-2-16-8-9-18-20(15-6-3-5-14(11-15)12-22)17(13-28(25)26)21(23-24(16)18)19-7-4-10-27-19/h3-11,28H,2,13H2,1H3. The highest BCUT2D eigenvalue weighted by Gasteiger charge is 2.21. The van der Waals surface area contributed by atoms with Crippen LogP contribution in [0.4, 0.5) is 0 Å². The van der Waals surface area contributed by atoms with Gasteiger partial charge in [0, 0.05) is 16.8 Å². The molecule has 0 saturated heterocycles. The predicted molar refractivity (Wildman–Crippen MR) is 106 cm³/mol. The van der Waals surface area contributed by atoms with Gasteiger partial charge in [0.05, 0.1) is 29.2 Å². The summed E-state index contributed by atoms with van der Waals surface area (Å²) in [7, 11) is -2.69. The van der Waals surface area contributed by atoms with Gasteiger partial charge in [-0.1, -0.05) is 19.1 Å². The summed E-state index contributed by atoms with van der Waals surface area (Å²) in [5.74, 6) is 0.329. The van der Waals surface area contributed by atoms with Crippen molar-refractivity contribution >= 4 is 16.2 Å². The first-order valence-electron chi connectivity index (χ1n) is 8.82. The van der Waals surface area contributed by atoms with Crippen LogP contribution in [0.3, 0.4) is 0 Å². The summed E-state index contributed by atoms with van der Waals surface area (Å²) in [6, 6.07) is 16.7. The molecule has 6 nitrogen and oxygen atoms in total. The summed E-state index contributed by atoms with van der Waals surface area (Å²) in [4.78, 5) is 0. The van der Waals surface area contributed by atoms with Crippen LogP contribution in [-0.2, 0) is 22.9 Å². The summed E-state index contributed by atoms with van der Waals surface area (Å²) in [6.45, 7) is 2.04. The second-order valence-corrected chi connectivity index (χ2v) is 7.32. The molecule has 0 radical (unpaired) electrons. The van der Waals surface area contributed by atoms with E-state index in [1.807, 2.05) is 29.6 Å². The van der Waals surface area contributed by atoms with Gasteiger partial charge in [-0.3, -0.25) is 0 Å². The first kappa shape index (κ1) is 18.0. The molecule has 0 spiro atoms. The normalized spacial score (nSPS) is 11.2. The van der Waals surface area contributed by atoms with Crippen molar-refractivity contribution in [2.24, 2.45) is 0 Å². The average molecular weight is 391 g/mol. The molecule has 28 heavy (non-hydrogen) atoms. The first-order chi connectivity index (χ1) is 13.6. The maximum atomic E-state index is 11.7. The smallest absolute Gasteiger partial charge is 0.154 e. The SMILES string of the molecule is CCc1ccc2c(-c3cccc(C#N)c3)c(C[SH](=O)=O)c(-c3ccco3)nn12. The highest BCUT2D eigenvalue weighted by atomic mass is 32.2. The molecule has 0 atom stereocenters. The molecule has 3 heterocycles. The Morgan fingerprint density at radius 2 is 2.04 bits per heavy atom. The van der Waals surface area contributed by atoms with E-state index < -0.39 is 10.7 Å². The molecule has 0 N–H and O–H groups in total. The van der Waals surface area contributed by atoms with E-state index in [4.69, 9.17) is 9.52 Å². The van der Waals surface area contributed by atoms with Crippen LogP contribution in [0.2, 0.25) is 0 Å². The Bertz CT molecular complexity index is 1270. The summed E-state index contributed by atoms with van der Waals surface area (Å²) < 4.78 is 30.8. The van der Waals surface area contributed by atoms with E-state index in [0.717, 1.165) is 28.8 Å². The van der Waals surface area contributed by atoms with Crippen LogP contribution in [0, 0.1) is 11.3 Å². The second kappa shape index (κ2) is 7.33. The van der Waals surface area contributed by atoms with Gasteiger partial charge in [-0.15, -0.1) is 0 Å². The van der Waals surface area contributed by atoms with Crippen LogP contribution >= 0.6 is 0 Å². The lowest BCUT2D eigenvalue weighted by Crippen LogP contribution is -2.06. The maximum Gasteiger partial charge on any atom is 0.154 e. The number of furan rings is 1. The van der Waals surface area contributed by atoms with Crippen molar-refractivity contribution in [3.05, 3.63) is 71.6 Å². The third kappa shape index (κ3) is 3.08. The molecule has 4 rings (SSSR count). The lowest BCUT2D eigenvalue weighted by atomic mass is 9.97. The molecule has 0 bridgehead atoms. The van der Waals surface area contributed by atoms with Crippen LogP contribution in [0.5, 0.6) is 0 Å². The lowest BCUT2D eigenvalue weighted by Gasteiger charge is -2.15. The summed E-state index contributed by atoms with van der Waals surface area (Å²) >= 11 is 0. The molecule has 140 valence electrons. The van der Waals surface area contributed by atoms with Crippen LogP contribution in [0.1, 0.15) is 23.7 Å². The molecule has 0 unspecified atom stereocenters. The minimum Gasteiger partial charge on any atom is -0.463 e. The van der Waals surface area contributed by atoms with Crippen molar-refractivity contribution in [2.45, 2.75) is 19.1 Å². The van der Waals surface area contributed by atoms with Gasteiger partial charge in [-0.25, -0.2) is 12.9 Å². The van der Waals surface area contributed by atoms with Gasteiger partial charge in [0.15, 0.2) is 5.76 Å². The topological polar surface area (TPSA) is 88.4 Å². The molecular formula is C21H17N3O3S. The average Bonchev–Trinajstić information content (AvgIpc) is 3.36. The Morgan fingerprint density at radius 1 is 1.18 bits per heavy atom. The van der Waals surface area contributed by atoms with Crippen LogP contribution in [0.15, 0.2) is 59.2 Å². The Labute approximate surface area is 163 Å². The molecule has 3 aromatic heterocycles. The van der Waals surface area contributed by atoms with Gasteiger partial charge in [-0.2, -0.15) is 10.4 Å². The number of rotatable bonds is 5. The number of hydrogen-bond donors (Lipinski definition) is 1. The molecule has 7 heteroatoms. The lowest BCUT2D eigenvalue weighted by molar-refractivity contribution is 0.577. The van der Waals surface area contributed by atoms with Crippen molar-refractivity contribution in [3.63, 3.8) is 0 Å². The molecule has 0 saturated carbocycles. The number of nitriles is 1. The van der Waals surface area contributed by atoms with E-state index in [1.54, 1.807) is 30.3 Å². The highest BCUT2D eigenvalue weighted by Crippen LogP contribution is 2.36. The van der Waals surface area contributed by atoms with E-state index in [9.17, 15) is 13.7 Å². The van der Waals surface area contributed by atoms with E-state index in [0.29, 0.717) is 22.6 Å². The third-order valence-electron chi connectivity index (χ3n) is 4.66. The number of benzene rings is 1. The monoisotopic (exact) mass is 391 g/mol. The molecular weight excluding hydrogens is 374 g/mol. The number of thiol groups is 1. The second-order valence-electron chi connectivity index (χ2n) is 6.34. The fourth-order valence-electron chi connectivity index (χ4n) is 3.44. The third-order valence-corrected chi connectivity index (χ3v) is 5.24. The van der Waals surface area contributed by atoms with E-state index in [2.05, 4.69) is 6.07 Å². The summed E-state index contributed by atoms with van der Waals surface area (Å²) in [6.07, 6.45) is 2.31. The molecule has 0 aliphatic carbocycles. The zero-order valence-electron chi connectivity index (χ0n) is 15.1. The van der Waals surface area contributed by atoms with Crippen LogP contribution < -0.4 is 0 Å². The fourth-order valence-corrected chi connectivity index (χ4v) is 4.01. The Kier molecular flexibility index (Phi) is 4.72. The molecule has 4 aromatic rings. The van der Waals surface area contributed by atoms with Gasteiger partial charge < -0.3 is 4.42 Å². The number of aromatic nitrogens is 2. The van der Waals surface area contributed by atoms with E-state index in [-0.39, 0.29) is 5.75 Å². The maximum absolute atomic E-state index is 11.7. The Balaban J connectivity index is 2.15. The molecule has 0 aliphatic rings. The van der Waals surface area contributed by atoms with Crippen LogP contribution in [-0.4, -0.2) is 18.0 Å². The van der Waals surface area contributed by atoms with Gasteiger partial charge in [-0.05, 0) is 48.4 Å². The quantitative estimate of drug-likeness (QED) is 0.523. The number of hydrogen-bond acceptors (Lipinski definition) is 5. The number of nitrogens with zero attached hydrogens (tertiary/aromatic N) is 3. The summed E-state index contributed by atoms with van der Waals surface area (Å²) in [5.41, 5.74) is 4.87.